The average Bonchev–Trinajstić information content (AvgIpc) is 3.36. The molecule has 10 aromatic rings. The first-order chi connectivity index (χ1) is 30.8. The second-order valence-electron chi connectivity index (χ2n) is 15.4. The number of nitrogens with zero attached hydrogens (tertiary/aromatic N) is 2. The van der Waals surface area contributed by atoms with Crippen molar-refractivity contribution in [2.75, 3.05) is 9.80 Å². The number of hydrogen-bond donors (Lipinski definition) is 0. The smallest absolute Gasteiger partial charge is 0.0540 e. The summed E-state index contributed by atoms with van der Waals surface area (Å²) in [6.07, 6.45) is 0. The van der Waals surface area contributed by atoms with Gasteiger partial charge in [-0.05, 0) is 105 Å². The highest BCUT2D eigenvalue weighted by Crippen LogP contribution is 2.47. The van der Waals surface area contributed by atoms with Gasteiger partial charge < -0.3 is 9.80 Å². The minimum absolute atomic E-state index is 1.08. The molecular formula is C60H44N2. The maximum absolute atomic E-state index is 2.39. The van der Waals surface area contributed by atoms with Crippen LogP contribution in [-0.2, 0) is 0 Å². The Morgan fingerprint density at radius 3 is 0.597 bits per heavy atom. The molecule has 62 heavy (non-hydrogen) atoms. The first-order valence-electron chi connectivity index (χ1n) is 21.2. The lowest BCUT2D eigenvalue weighted by Crippen LogP contribution is -2.13. The van der Waals surface area contributed by atoms with E-state index < -0.39 is 0 Å². The van der Waals surface area contributed by atoms with Gasteiger partial charge in [0.15, 0.2) is 0 Å². The lowest BCUT2D eigenvalue weighted by molar-refractivity contribution is 1.27. The number of anilines is 6. The van der Waals surface area contributed by atoms with Crippen molar-refractivity contribution in [1.82, 2.24) is 0 Å². The van der Waals surface area contributed by atoms with E-state index in [-0.39, 0.29) is 0 Å². The van der Waals surface area contributed by atoms with Gasteiger partial charge in [0.05, 0.1) is 11.4 Å². The summed E-state index contributed by atoms with van der Waals surface area (Å²) in [6, 6.07) is 95.7. The Balaban J connectivity index is 1.12. The second kappa shape index (κ2) is 17.6. The minimum Gasteiger partial charge on any atom is -0.310 e. The highest BCUT2D eigenvalue weighted by molar-refractivity contribution is 5.96. The van der Waals surface area contributed by atoms with Crippen LogP contribution in [0.3, 0.4) is 0 Å². The first kappa shape index (κ1) is 38.0. The van der Waals surface area contributed by atoms with Crippen molar-refractivity contribution in [1.29, 1.82) is 0 Å². The number of hydrogen-bond acceptors (Lipinski definition) is 2. The molecule has 0 saturated heterocycles. The lowest BCUT2D eigenvalue weighted by Gasteiger charge is -2.31. The Labute approximate surface area is 364 Å². The molecule has 0 spiro atoms. The van der Waals surface area contributed by atoms with E-state index in [4.69, 9.17) is 0 Å². The molecule has 2 heteroatoms. The summed E-state index contributed by atoms with van der Waals surface area (Å²) in [6.45, 7) is 0. The highest BCUT2D eigenvalue weighted by atomic mass is 15.2. The third-order valence-corrected chi connectivity index (χ3v) is 11.5. The van der Waals surface area contributed by atoms with E-state index in [2.05, 4.69) is 277 Å². The summed E-state index contributed by atoms with van der Waals surface area (Å²) in [7, 11) is 0. The molecule has 294 valence electrons. The molecule has 10 rings (SSSR count). The number of rotatable bonds is 11. The standard InChI is InChI=1S/C60H44N2/c1-5-17-45(18-6-1)49-29-37-53(38-30-49)61(54-39-31-50(32-40-54)46-19-7-2-8-20-46)59-27-15-13-25-57(59)58-26-14-16-28-60(58)62(55-41-33-51(34-42-55)47-21-9-3-10-22-47)56-43-35-52(36-44-56)48-23-11-4-12-24-48/h1-44H. The van der Waals surface area contributed by atoms with Gasteiger partial charge in [0.1, 0.15) is 0 Å². The zero-order chi connectivity index (χ0) is 41.5. The van der Waals surface area contributed by atoms with Crippen LogP contribution in [0.1, 0.15) is 0 Å². The molecule has 0 aromatic heterocycles. The van der Waals surface area contributed by atoms with Gasteiger partial charge in [-0.1, -0.05) is 206 Å². The molecule has 0 heterocycles. The van der Waals surface area contributed by atoms with Crippen LogP contribution in [0.15, 0.2) is 267 Å². The van der Waals surface area contributed by atoms with Crippen LogP contribution < -0.4 is 9.80 Å². The molecule has 0 fully saturated rings. The summed E-state index contributed by atoms with van der Waals surface area (Å²) in [4.78, 5) is 4.78. The van der Waals surface area contributed by atoms with E-state index in [1.165, 1.54) is 44.5 Å². The Bertz CT molecular complexity index is 2620. The second-order valence-corrected chi connectivity index (χ2v) is 15.4. The van der Waals surface area contributed by atoms with Crippen molar-refractivity contribution < 1.29 is 0 Å². The van der Waals surface area contributed by atoms with E-state index in [1.807, 2.05) is 0 Å². The van der Waals surface area contributed by atoms with Crippen molar-refractivity contribution in [2.24, 2.45) is 0 Å². The van der Waals surface area contributed by atoms with Gasteiger partial charge in [-0.15, -0.1) is 0 Å². The Morgan fingerprint density at radius 2 is 0.355 bits per heavy atom. The van der Waals surface area contributed by atoms with Crippen molar-refractivity contribution in [3.63, 3.8) is 0 Å². The molecule has 0 aliphatic rings. The van der Waals surface area contributed by atoms with Crippen LogP contribution in [0, 0.1) is 0 Å². The maximum atomic E-state index is 2.39. The highest BCUT2D eigenvalue weighted by Gasteiger charge is 2.22. The van der Waals surface area contributed by atoms with Crippen molar-refractivity contribution >= 4 is 34.1 Å². The zero-order valence-electron chi connectivity index (χ0n) is 34.3. The van der Waals surface area contributed by atoms with Gasteiger partial charge >= 0.3 is 0 Å². The summed E-state index contributed by atoms with van der Waals surface area (Å²) in [5.74, 6) is 0. The van der Waals surface area contributed by atoms with E-state index >= 15 is 0 Å². The summed E-state index contributed by atoms with van der Waals surface area (Å²) < 4.78 is 0. The molecule has 0 atom stereocenters. The third-order valence-electron chi connectivity index (χ3n) is 11.5. The molecule has 10 aromatic carbocycles. The van der Waals surface area contributed by atoms with Crippen LogP contribution in [0.25, 0.3) is 55.6 Å². The fraction of sp³-hybridized carbons (Fsp3) is 0. The van der Waals surface area contributed by atoms with Gasteiger partial charge in [-0.2, -0.15) is 0 Å². The van der Waals surface area contributed by atoms with Crippen molar-refractivity contribution in [2.45, 2.75) is 0 Å². The fourth-order valence-electron chi connectivity index (χ4n) is 8.38. The monoisotopic (exact) mass is 792 g/mol. The maximum Gasteiger partial charge on any atom is 0.0540 e. The normalized spacial score (nSPS) is 10.9. The summed E-state index contributed by atoms with van der Waals surface area (Å²) in [5.41, 5.74) is 18.2. The third kappa shape index (κ3) is 7.93. The topological polar surface area (TPSA) is 6.48 Å². The van der Waals surface area contributed by atoms with E-state index in [0.717, 1.165) is 45.3 Å². The predicted molar refractivity (Wildman–Crippen MR) is 263 cm³/mol. The Morgan fingerprint density at radius 1 is 0.161 bits per heavy atom. The molecule has 0 aliphatic heterocycles. The van der Waals surface area contributed by atoms with Crippen LogP contribution in [-0.4, -0.2) is 0 Å². The average molecular weight is 793 g/mol. The van der Waals surface area contributed by atoms with Crippen molar-refractivity contribution in [3.05, 3.63) is 267 Å². The van der Waals surface area contributed by atoms with Crippen LogP contribution in [0.2, 0.25) is 0 Å². The fourth-order valence-corrected chi connectivity index (χ4v) is 8.38. The van der Waals surface area contributed by atoms with Crippen molar-refractivity contribution in [3.8, 4) is 55.6 Å². The first-order valence-corrected chi connectivity index (χ1v) is 21.2. The molecule has 0 N–H and O–H groups in total. The van der Waals surface area contributed by atoms with Gasteiger partial charge in [-0.25, -0.2) is 0 Å². The number of benzene rings is 10. The van der Waals surface area contributed by atoms with Gasteiger partial charge in [-0.3, -0.25) is 0 Å². The molecule has 0 saturated carbocycles. The van der Waals surface area contributed by atoms with Crippen LogP contribution >= 0.6 is 0 Å². The van der Waals surface area contributed by atoms with Crippen LogP contribution in [0.4, 0.5) is 34.1 Å². The van der Waals surface area contributed by atoms with E-state index in [9.17, 15) is 0 Å². The Hall–Kier alpha value is -8.20. The van der Waals surface area contributed by atoms with Gasteiger partial charge in [0, 0.05) is 33.9 Å². The quantitative estimate of drug-likeness (QED) is 0.129. The molecule has 0 aliphatic carbocycles. The molecule has 0 bridgehead atoms. The van der Waals surface area contributed by atoms with Crippen LogP contribution in [0.5, 0.6) is 0 Å². The zero-order valence-corrected chi connectivity index (χ0v) is 34.3. The largest absolute Gasteiger partial charge is 0.310 e. The van der Waals surface area contributed by atoms with Gasteiger partial charge in [0.2, 0.25) is 0 Å². The van der Waals surface area contributed by atoms with E-state index in [0.29, 0.717) is 0 Å². The lowest BCUT2D eigenvalue weighted by atomic mass is 9.97. The molecule has 0 unspecified atom stereocenters. The summed E-state index contributed by atoms with van der Waals surface area (Å²) >= 11 is 0. The molecule has 0 radical (unpaired) electrons. The minimum atomic E-state index is 1.08. The Kier molecular flexibility index (Phi) is 10.8. The van der Waals surface area contributed by atoms with Gasteiger partial charge in [0.25, 0.3) is 0 Å². The molecule has 0 amide bonds. The molecular weight excluding hydrogens is 749 g/mol. The SMILES string of the molecule is c1ccc(-c2ccc(N(c3ccc(-c4ccccc4)cc3)c3ccccc3-c3ccccc3N(c3ccc(-c4ccccc4)cc3)c3ccc(-c4ccccc4)cc3)cc2)cc1. The summed E-state index contributed by atoms with van der Waals surface area (Å²) in [5, 5.41) is 0. The predicted octanol–water partition coefficient (Wildman–Crippen LogP) is 17.0. The molecule has 2 nitrogen and oxygen atoms in total. The number of para-hydroxylation sites is 2. The van der Waals surface area contributed by atoms with E-state index in [1.54, 1.807) is 0 Å².